The lowest BCUT2D eigenvalue weighted by Crippen LogP contribution is -2.52. The van der Waals surface area contributed by atoms with E-state index in [1.54, 1.807) is 18.5 Å². The summed E-state index contributed by atoms with van der Waals surface area (Å²) >= 11 is 5.91. The molecule has 2 saturated heterocycles. The van der Waals surface area contributed by atoms with Crippen molar-refractivity contribution in [1.29, 1.82) is 0 Å². The maximum atomic E-state index is 14.2. The fourth-order valence-corrected chi connectivity index (χ4v) is 5.98. The Balaban J connectivity index is 1.34. The van der Waals surface area contributed by atoms with Crippen LogP contribution in [0.1, 0.15) is 67.7 Å². The van der Waals surface area contributed by atoms with Crippen LogP contribution in [0.4, 0.5) is 10.2 Å². The first-order valence-electron chi connectivity index (χ1n) is 12.0. The lowest BCUT2D eigenvalue weighted by atomic mass is 9.88. The number of amides is 1. The highest BCUT2D eigenvalue weighted by Gasteiger charge is 2.37. The van der Waals surface area contributed by atoms with Gasteiger partial charge in [0.25, 0.3) is 0 Å². The lowest BCUT2D eigenvalue weighted by Gasteiger charge is -2.39. The topological polar surface area (TPSA) is 61.4 Å². The predicted molar refractivity (Wildman–Crippen MR) is 127 cm³/mol. The third kappa shape index (κ3) is 4.21. The fourth-order valence-electron chi connectivity index (χ4n) is 5.86. The highest BCUT2D eigenvalue weighted by Crippen LogP contribution is 2.43. The molecule has 2 aromatic rings. The first-order valence-corrected chi connectivity index (χ1v) is 12.4. The molecule has 1 amide bonds. The van der Waals surface area contributed by atoms with Crippen molar-refractivity contribution in [2.45, 2.75) is 56.9 Å². The zero-order chi connectivity index (χ0) is 23.1. The number of rotatable bonds is 4. The maximum absolute atomic E-state index is 14.2. The van der Waals surface area contributed by atoms with Crippen molar-refractivity contribution >= 4 is 23.3 Å². The van der Waals surface area contributed by atoms with Gasteiger partial charge in [0.1, 0.15) is 18.0 Å². The molecule has 1 N–H and O–H groups in total. The molecule has 2 aliphatic heterocycles. The minimum atomic E-state index is -0.476. The summed E-state index contributed by atoms with van der Waals surface area (Å²) in [5.41, 5.74) is 3.14. The first-order chi connectivity index (χ1) is 15.9. The van der Waals surface area contributed by atoms with Crippen molar-refractivity contribution in [3.05, 3.63) is 52.2 Å². The van der Waals surface area contributed by atoms with Gasteiger partial charge < -0.3 is 15.1 Å². The normalized spacial score (nSPS) is 25.9. The zero-order valence-electron chi connectivity index (χ0n) is 19.2. The van der Waals surface area contributed by atoms with Gasteiger partial charge >= 0.3 is 0 Å². The second-order valence-corrected chi connectivity index (χ2v) is 10.1. The Morgan fingerprint density at radius 3 is 2.67 bits per heavy atom. The molecule has 3 aliphatic rings. The van der Waals surface area contributed by atoms with Crippen molar-refractivity contribution in [1.82, 2.24) is 20.2 Å². The molecule has 0 bridgehead atoms. The molecule has 5 rings (SSSR count). The van der Waals surface area contributed by atoms with E-state index in [-0.39, 0.29) is 17.0 Å². The SMILES string of the molecule is C[C@@H]1C[C@H](C)c2ncnc(N3CCN(C(=O)[C@@H](c4ccc(Cl)c(F)c4)[C@@H]4CCCN4)CC3)c21. The second-order valence-electron chi connectivity index (χ2n) is 9.70. The Bertz CT molecular complexity index is 1040. The van der Waals surface area contributed by atoms with Crippen LogP contribution in [0.2, 0.25) is 5.02 Å². The van der Waals surface area contributed by atoms with Gasteiger partial charge in [-0.15, -0.1) is 0 Å². The third-order valence-corrected chi connectivity index (χ3v) is 7.83. The van der Waals surface area contributed by atoms with Crippen molar-refractivity contribution in [2.24, 2.45) is 0 Å². The number of fused-ring (bicyclic) bond motifs is 1. The molecule has 6 nitrogen and oxygen atoms in total. The number of aromatic nitrogens is 2. The molecule has 3 heterocycles. The number of benzene rings is 1. The van der Waals surface area contributed by atoms with Crippen LogP contribution >= 0.6 is 11.6 Å². The highest BCUT2D eigenvalue weighted by atomic mass is 35.5. The summed E-state index contributed by atoms with van der Waals surface area (Å²) in [4.78, 5) is 27.1. The van der Waals surface area contributed by atoms with Gasteiger partial charge in [0.05, 0.1) is 16.6 Å². The smallest absolute Gasteiger partial charge is 0.231 e. The van der Waals surface area contributed by atoms with Crippen LogP contribution < -0.4 is 10.2 Å². The molecule has 0 radical (unpaired) electrons. The molecule has 1 aliphatic carbocycles. The van der Waals surface area contributed by atoms with E-state index in [4.69, 9.17) is 11.6 Å². The summed E-state index contributed by atoms with van der Waals surface area (Å²) in [6.45, 7) is 8.08. The molecule has 0 unspecified atom stereocenters. The molecule has 33 heavy (non-hydrogen) atoms. The third-order valence-electron chi connectivity index (χ3n) is 7.52. The highest BCUT2D eigenvalue weighted by molar-refractivity contribution is 6.30. The van der Waals surface area contributed by atoms with Gasteiger partial charge in [-0.25, -0.2) is 14.4 Å². The van der Waals surface area contributed by atoms with Crippen LogP contribution in [0.3, 0.4) is 0 Å². The van der Waals surface area contributed by atoms with Crippen molar-refractivity contribution in [3.63, 3.8) is 0 Å². The predicted octanol–water partition coefficient (Wildman–Crippen LogP) is 4.06. The molecule has 176 valence electrons. The van der Waals surface area contributed by atoms with Crippen molar-refractivity contribution < 1.29 is 9.18 Å². The molecule has 0 saturated carbocycles. The van der Waals surface area contributed by atoms with Gasteiger partial charge in [-0.1, -0.05) is 31.5 Å². The van der Waals surface area contributed by atoms with E-state index in [9.17, 15) is 9.18 Å². The Labute approximate surface area is 199 Å². The van der Waals surface area contributed by atoms with Crippen LogP contribution in [0.5, 0.6) is 0 Å². The quantitative estimate of drug-likeness (QED) is 0.728. The molecule has 4 atom stereocenters. The number of nitrogens with zero attached hydrogens (tertiary/aromatic N) is 4. The summed E-state index contributed by atoms with van der Waals surface area (Å²) in [5.74, 6) is 1.11. The molecule has 1 aromatic heterocycles. The molecular formula is C25H31ClFN5O. The van der Waals surface area contributed by atoms with Gasteiger partial charge in [0.2, 0.25) is 5.91 Å². The second kappa shape index (κ2) is 9.18. The van der Waals surface area contributed by atoms with E-state index < -0.39 is 11.7 Å². The number of hydrogen-bond acceptors (Lipinski definition) is 5. The van der Waals surface area contributed by atoms with E-state index >= 15 is 0 Å². The summed E-state index contributed by atoms with van der Waals surface area (Å²) in [6, 6.07) is 4.78. The van der Waals surface area contributed by atoms with E-state index in [0.29, 0.717) is 30.5 Å². The number of carbonyl (C=O) groups excluding carboxylic acids is 1. The van der Waals surface area contributed by atoms with Gasteiger partial charge in [-0.2, -0.15) is 0 Å². The number of nitrogens with one attached hydrogen (secondary N) is 1. The van der Waals surface area contributed by atoms with Crippen LogP contribution in [0.25, 0.3) is 0 Å². The summed E-state index contributed by atoms with van der Waals surface area (Å²) < 4.78 is 14.2. The molecule has 0 spiro atoms. The Morgan fingerprint density at radius 1 is 1.18 bits per heavy atom. The Hall–Kier alpha value is -2.25. The molecule has 1 aromatic carbocycles. The van der Waals surface area contributed by atoms with E-state index in [1.165, 1.54) is 17.3 Å². The number of piperazine rings is 1. The van der Waals surface area contributed by atoms with Crippen molar-refractivity contribution in [2.75, 3.05) is 37.6 Å². The van der Waals surface area contributed by atoms with Gasteiger partial charge in [0.15, 0.2) is 0 Å². The van der Waals surface area contributed by atoms with Gasteiger partial charge in [-0.3, -0.25) is 4.79 Å². The zero-order valence-corrected chi connectivity index (χ0v) is 20.0. The Kier molecular flexibility index (Phi) is 6.27. The molecule has 2 fully saturated rings. The largest absolute Gasteiger partial charge is 0.353 e. The number of hydrogen-bond donors (Lipinski definition) is 1. The average molecular weight is 472 g/mol. The monoisotopic (exact) mass is 471 g/mol. The maximum Gasteiger partial charge on any atom is 0.231 e. The molecular weight excluding hydrogens is 441 g/mol. The van der Waals surface area contributed by atoms with E-state index in [2.05, 4.69) is 34.0 Å². The van der Waals surface area contributed by atoms with E-state index in [0.717, 1.165) is 44.7 Å². The van der Waals surface area contributed by atoms with Crippen LogP contribution in [0, 0.1) is 5.82 Å². The first kappa shape index (κ1) is 22.5. The van der Waals surface area contributed by atoms with Crippen molar-refractivity contribution in [3.8, 4) is 0 Å². The Morgan fingerprint density at radius 2 is 1.97 bits per heavy atom. The van der Waals surface area contributed by atoms with Crippen LogP contribution in [-0.2, 0) is 4.79 Å². The van der Waals surface area contributed by atoms with Gasteiger partial charge in [-0.05, 0) is 55.3 Å². The van der Waals surface area contributed by atoms with Gasteiger partial charge in [0, 0.05) is 37.8 Å². The standard InChI is InChI=1S/C25H31ClFN5O/c1-15-12-16(2)23-21(15)24(30-14-29-23)31-8-10-32(11-9-31)25(33)22(20-4-3-7-28-20)17-5-6-18(26)19(27)13-17/h5-6,13-16,20,22,28H,3-4,7-12H2,1-2H3/t15-,16+,20+,22+/m1/s1. The van der Waals surface area contributed by atoms with Crippen LogP contribution in [-0.4, -0.2) is 59.5 Å². The van der Waals surface area contributed by atoms with E-state index in [1.807, 2.05) is 4.90 Å². The lowest BCUT2D eigenvalue weighted by molar-refractivity contribution is -0.133. The summed E-state index contributed by atoms with van der Waals surface area (Å²) in [6.07, 6.45) is 4.71. The minimum absolute atomic E-state index is 0.0172. The molecule has 8 heteroatoms. The fraction of sp³-hybridized carbons (Fsp3) is 0.560. The number of carbonyl (C=O) groups is 1. The van der Waals surface area contributed by atoms with Crippen LogP contribution in [0.15, 0.2) is 24.5 Å². The minimum Gasteiger partial charge on any atom is -0.353 e. The summed E-state index contributed by atoms with van der Waals surface area (Å²) in [7, 11) is 0. The summed E-state index contributed by atoms with van der Waals surface area (Å²) in [5, 5.41) is 3.53. The number of halogens is 2. The number of anilines is 1. The average Bonchev–Trinajstić information content (AvgIpc) is 3.45.